The van der Waals surface area contributed by atoms with Gasteiger partial charge < -0.3 is 26.6 Å². The fourth-order valence-corrected chi connectivity index (χ4v) is 1.63. The molecular weight excluding hydrogens is 284 g/mol. The Labute approximate surface area is 127 Å². The molecular formula is C14H16N6O2. The highest BCUT2D eigenvalue weighted by molar-refractivity contribution is 6.01. The van der Waals surface area contributed by atoms with Crippen LogP contribution < -0.4 is 21.5 Å². The van der Waals surface area contributed by atoms with Crippen molar-refractivity contribution < 1.29 is 9.84 Å². The molecule has 0 unspecified atom stereocenters. The second-order valence-electron chi connectivity index (χ2n) is 4.17. The number of benzene rings is 1. The SMILES string of the molecule is COc1ccc(NC(N)=NC(N)=Nc2ccccn2)cc1O. The molecule has 0 saturated heterocycles. The van der Waals surface area contributed by atoms with Gasteiger partial charge in [0.15, 0.2) is 17.3 Å². The predicted octanol–water partition coefficient (Wildman–Crippen LogP) is 1.17. The molecule has 0 saturated carbocycles. The summed E-state index contributed by atoms with van der Waals surface area (Å²) < 4.78 is 4.95. The molecule has 0 radical (unpaired) electrons. The number of pyridine rings is 1. The van der Waals surface area contributed by atoms with E-state index in [0.29, 0.717) is 17.3 Å². The van der Waals surface area contributed by atoms with Crippen LogP contribution in [0.5, 0.6) is 11.5 Å². The maximum atomic E-state index is 9.68. The fourth-order valence-electron chi connectivity index (χ4n) is 1.63. The molecule has 2 aromatic rings. The standard InChI is InChI=1S/C14H16N6O2/c1-22-11-6-5-9(8-10(11)21)18-13(15)20-14(16)19-12-4-2-3-7-17-12/h2-8,21H,1H3,(H5,15,16,17,18,19,20). The lowest BCUT2D eigenvalue weighted by Crippen LogP contribution is -2.26. The predicted molar refractivity (Wildman–Crippen MR) is 85.4 cm³/mol. The van der Waals surface area contributed by atoms with Gasteiger partial charge in [0, 0.05) is 18.0 Å². The summed E-state index contributed by atoms with van der Waals surface area (Å²) >= 11 is 0. The first-order chi connectivity index (χ1) is 10.6. The Morgan fingerprint density at radius 2 is 2.09 bits per heavy atom. The molecule has 8 nitrogen and oxygen atoms in total. The smallest absolute Gasteiger partial charge is 0.225 e. The molecule has 8 heteroatoms. The maximum Gasteiger partial charge on any atom is 0.225 e. The summed E-state index contributed by atoms with van der Waals surface area (Å²) in [6.07, 6.45) is 1.59. The van der Waals surface area contributed by atoms with Crippen LogP contribution in [0, 0.1) is 0 Å². The van der Waals surface area contributed by atoms with Crippen molar-refractivity contribution in [1.82, 2.24) is 4.98 Å². The van der Waals surface area contributed by atoms with Crippen molar-refractivity contribution in [3.05, 3.63) is 42.6 Å². The molecule has 0 aliphatic heterocycles. The molecule has 22 heavy (non-hydrogen) atoms. The molecule has 114 valence electrons. The van der Waals surface area contributed by atoms with Crippen LogP contribution in [0.3, 0.4) is 0 Å². The maximum absolute atomic E-state index is 9.68. The van der Waals surface area contributed by atoms with Gasteiger partial charge in [0.1, 0.15) is 0 Å². The minimum atomic E-state index is -0.0403. The molecule has 0 aliphatic carbocycles. The van der Waals surface area contributed by atoms with Gasteiger partial charge in [0.05, 0.1) is 7.11 Å². The van der Waals surface area contributed by atoms with E-state index >= 15 is 0 Å². The lowest BCUT2D eigenvalue weighted by molar-refractivity contribution is 0.373. The highest BCUT2D eigenvalue weighted by Crippen LogP contribution is 2.28. The lowest BCUT2D eigenvalue weighted by atomic mass is 10.3. The summed E-state index contributed by atoms with van der Waals surface area (Å²) in [5.74, 6) is 0.759. The number of ether oxygens (including phenoxy) is 1. The van der Waals surface area contributed by atoms with Crippen LogP contribution >= 0.6 is 0 Å². The second kappa shape index (κ2) is 6.93. The van der Waals surface area contributed by atoms with Gasteiger partial charge in [-0.1, -0.05) is 6.07 Å². The van der Waals surface area contributed by atoms with Crippen molar-refractivity contribution >= 4 is 23.4 Å². The minimum absolute atomic E-state index is 0.0181. The zero-order valence-electron chi connectivity index (χ0n) is 11.9. The van der Waals surface area contributed by atoms with Crippen molar-refractivity contribution in [1.29, 1.82) is 0 Å². The Kier molecular flexibility index (Phi) is 4.76. The molecule has 1 heterocycles. The van der Waals surface area contributed by atoms with Gasteiger partial charge in [-0.2, -0.15) is 9.98 Å². The van der Waals surface area contributed by atoms with Crippen LogP contribution in [0.4, 0.5) is 11.5 Å². The minimum Gasteiger partial charge on any atom is -0.504 e. The highest BCUT2D eigenvalue weighted by atomic mass is 16.5. The Bertz CT molecular complexity index is 700. The van der Waals surface area contributed by atoms with Crippen LogP contribution in [0.25, 0.3) is 0 Å². The van der Waals surface area contributed by atoms with Crippen molar-refractivity contribution in [3.8, 4) is 11.5 Å². The van der Waals surface area contributed by atoms with Crippen LogP contribution in [0.2, 0.25) is 0 Å². The topological polar surface area (TPSA) is 131 Å². The van der Waals surface area contributed by atoms with E-state index in [1.54, 1.807) is 36.5 Å². The number of guanidine groups is 2. The number of nitrogens with one attached hydrogen (secondary N) is 1. The van der Waals surface area contributed by atoms with Gasteiger partial charge in [0.25, 0.3) is 0 Å². The molecule has 0 atom stereocenters. The van der Waals surface area contributed by atoms with E-state index in [-0.39, 0.29) is 17.7 Å². The van der Waals surface area contributed by atoms with Gasteiger partial charge in [-0.15, -0.1) is 0 Å². The van der Waals surface area contributed by atoms with Gasteiger partial charge in [-0.3, -0.25) is 0 Å². The van der Waals surface area contributed by atoms with Crippen LogP contribution in [0.15, 0.2) is 52.6 Å². The lowest BCUT2D eigenvalue weighted by Gasteiger charge is -2.08. The molecule has 1 aromatic carbocycles. The third-order valence-corrected chi connectivity index (χ3v) is 2.56. The number of hydrogen-bond acceptors (Lipinski definition) is 4. The second-order valence-corrected chi connectivity index (χ2v) is 4.17. The Morgan fingerprint density at radius 3 is 2.73 bits per heavy atom. The number of aromatic hydroxyl groups is 1. The third kappa shape index (κ3) is 4.10. The first-order valence-electron chi connectivity index (χ1n) is 6.32. The number of anilines is 1. The Morgan fingerprint density at radius 1 is 1.27 bits per heavy atom. The average Bonchev–Trinajstić information content (AvgIpc) is 2.48. The van der Waals surface area contributed by atoms with Crippen molar-refractivity contribution in [3.63, 3.8) is 0 Å². The Balaban J connectivity index is 2.09. The highest BCUT2D eigenvalue weighted by Gasteiger charge is 2.03. The number of nitrogens with two attached hydrogens (primary N) is 2. The molecule has 0 amide bonds. The normalized spacial score (nSPS) is 12.0. The Hall–Kier alpha value is -3.29. The fraction of sp³-hybridized carbons (Fsp3) is 0.0714. The van der Waals surface area contributed by atoms with Crippen LogP contribution in [0.1, 0.15) is 0 Å². The summed E-state index contributed by atoms with van der Waals surface area (Å²) in [7, 11) is 1.47. The number of aromatic nitrogens is 1. The number of nitrogens with zero attached hydrogens (tertiary/aromatic N) is 3. The number of phenolic OH excluding ortho intramolecular Hbond substituents is 1. The van der Waals surface area contributed by atoms with Gasteiger partial charge in [0.2, 0.25) is 11.9 Å². The first-order valence-corrected chi connectivity index (χ1v) is 6.32. The summed E-state index contributed by atoms with van der Waals surface area (Å²) in [6, 6.07) is 9.96. The van der Waals surface area contributed by atoms with Gasteiger partial charge in [-0.25, -0.2) is 4.98 Å². The molecule has 2 rings (SSSR count). The van der Waals surface area contributed by atoms with Gasteiger partial charge >= 0.3 is 0 Å². The number of methoxy groups -OCH3 is 1. The van der Waals surface area contributed by atoms with E-state index in [1.165, 1.54) is 13.2 Å². The zero-order valence-corrected chi connectivity index (χ0v) is 11.9. The quantitative estimate of drug-likeness (QED) is 0.497. The number of aliphatic imine (C=N–C) groups is 2. The van der Waals surface area contributed by atoms with Crippen LogP contribution in [-0.2, 0) is 0 Å². The van der Waals surface area contributed by atoms with E-state index in [9.17, 15) is 5.11 Å². The van der Waals surface area contributed by atoms with E-state index in [2.05, 4.69) is 20.3 Å². The van der Waals surface area contributed by atoms with E-state index < -0.39 is 0 Å². The summed E-state index contributed by atoms with van der Waals surface area (Å²) in [5, 5.41) is 12.5. The summed E-state index contributed by atoms with van der Waals surface area (Å²) in [6.45, 7) is 0. The number of phenols is 1. The van der Waals surface area contributed by atoms with Crippen molar-refractivity contribution in [2.45, 2.75) is 0 Å². The monoisotopic (exact) mass is 300 g/mol. The average molecular weight is 300 g/mol. The molecule has 1 aromatic heterocycles. The van der Waals surface area contributed by atoms with E-state index in [0.717, 1.165) is 0 Å². The molecule has 0 fully saturated rings. The molecule has 6 N–H and O–H groups in total. The largest absolute Gasteiger partial charge is 0.504 e. The van der Waals surface area contributed by atoms with Crippen molar-refractivity contribution in [2.75, 3.05) is 12.4 Å². The molecule has 0 bridgehead atoms. The molecule has 0 aliphatic rings. The summed E-state index contributed by atoms with van der Waals surface area (Å²) in [4.78, 5) is 11.9. The van der Waals surface area contributed by atoms with Gasteiger partial charge in [-0.05, 0) is 24.3 Å². The van der Waals surface area contributed by atoms with Crippen molar-refractivity contribution in [2.24, 2.45) is 21.5 Å². The van der Waals surface area contributed by atoms with E-state index in [1.807, 2.05) is 0 Å². The number of rotatable bonds is 3. The third-order valence-electron chi connectivity index (χ3n) is 2.56. The molecule has 0 spiro atoms. The van der Waals surface area contributed by atoms with E-state index in [4.69, 9.17) is 16.2 Å². The first kappa shape index (κ1) is 15.1. The van der Waals surface area contributed by atoms with Crippen LogP contribution in [-0.4, -0.2) is 29.1 Å². The zero-order chi connectivity index (χ0) is 15.9. The summed E-state index contributed by atoms with van der Waals surface area (Å²) in [5.41, 5.74) is 11.9. The number of hydrogen-bond donors (Lipinski definition) is 4.